The van der Waals surface area contributed by atoms with Crippen LogP contribution in [-0.4, -0.2) is 35.2 Å². The molecule has 0 radical (unpaired) electrons. The summed E-state index contributed by atoms with van der Waals surface area (Å²) in [5.74, 6) is -1.76. The van der Waals surface area contributed by atoms with Gasteiger partial charge in [0.05, 0.1) is 17.2 Å². The molecule has 0 aliphatic heterocycles. The third-order valence-corrected chi connectivity index (χ3v) is 4.67. The summed E-state index contributed by atoms with van der Waals surface area (Å²) in [6.45, 7) is 3.02. The van der Waals surface area contributed by atoms with Crippen LogP contribution in [0, 0.1) is 6.92 Å². The SMILES string of the molecule is CCOC(=O)CS(=O)(=O)Nc1cccc(S(N)(=O)=O)c1C. The van der Waals surface area contributed by atoms with E-state index in [9.17, 15) is 21.6 Å². The fraction of sp³-hybridized carbons (Fsp3) is 0.364. The first-order valence-electron chi connectivity index (χ1n) is 5.85. The molecule has 8 nitrogen and oxygen atoms in total. The number of nitrogens with one attached hydrogen (secondary N) is 1. The summed E-state index contributed by atoms with van der Waals surface area (Å²) < 4.78 is 53.0. The van der Waals surface area contributed by atoms with Gasteiger partial charge < -0.3 is 4.74 Å². The standard InChI is InChI=1S/C11H16N2O6S2/c1-3-19-11(14)7-20(15,16)13-9-5-4-6-10(8(9)2)21(12,17)18/h4-6,13H,3,7H2,1-2H3,(H2,12,17,18). The number of carbonyl (C=O) groups excluding carboxylic acids is 1. The lowest BCUT2D eigenvalue weighted by molar-refractivity contribution is -0.139. The summed E-state index contributed by atoms with van der Waals surface area (Å²) in [5, 5.41) is 5.03. The minimum absolute atomic E-state index is 0.0332. The van der Waals surface area contributed by atoms with Crippen LogP contribution in [0.2, 0.25) is 0 Å². The second kappa shape index (κ2) is 6.41. The largest absolute Gasteiger partial charge is 0.465 e. The van der Waals surface area contributed by atoms with Crippen molar-refractivity contribution in [1.29, 1.82) is 0 Å². The first-order valence-corrected chi connectivity index (χ1v) is 9.05. The molecular formula is C11H16N2O6S2. The number of esters is 1. The summed E-state index contributed by atoms with van der Waals surface area (Å²) in [6.07, 6.45) is 0. The Morgan fingerprint density at radius 2 is 1.90 bits per heavy atom. The zero-order valence-corrected chi connectivity index (χ0v) is 13.1. The van der Waals surface area contributed by atoms with Crippen LogP contribution in [-0.2, 0) is 29.6 Å². The van der Waals surface area contributed by atoms with Crippen LogP contribution in [0.1, 0.15) is 12.5 Å². The number of benzene rings is 1. The molecule has 0 aliphatic carbocycles. The van der Waals surface area contributed by atoms with E-state index in [4.69, 9.17) is 5.14 Å². The molecule has 0 saturated heterocycles. The monoisotopic (exact) mass is 336 g/mol. The Kier molecular flexibility index (Phi) is 5.31. The van der Waals surface area contributed by atoms with Gasteiger partial charge in [0.2, 0.25) is 20.0 Å². The molecule has 0 fully saturated rings. The van der Waals surface area contributed by atoms with Crippen molar-refractivity contribution in [3.63, 3.8) is 0 Å². The van der Waals surface area contributed by atoms with Crippen LogP contribution in [0.25, 0.3) is 0 Å². The zero-order valence-electron chi connectivity index (χ0n) is 11.5. The lowest BCUT2D eigenvalue weighted by Crippen LogP contribution is -2.25. The number of sulfonamides is 2. The molecule has 0 bridgehead atoms. The Bertz CT molecular complexity index is 740. The van der Waals surface area contributed by atoms with Crippen molar-refractivity contribution in [1.82, 2.24) is 0 Å². The van der Waals surface area contributed by atoms with Crippen molar-refractivity contribution in [2.24, 2.45) is 5.14 Å². The fourth-order valence-corrected chi connectivity index (χ4v) is 3.42. The maximum atomic E-state index is 11.8. The molecule has 0 spiro atoms. The van der Waals surface area contributed by atoms with Crippen LogP contribution in [0.4, 0.5) is 5.69 Å². The number of hydrogen-bond acceptors (Lipinski definition) is 6. The Balaban J connectivity index is 3.07. The van der Waals surface area contributed by atoms with Crippen molar-refractivity contribution in [2.75, 3.05) is 17.1 Å². The highest BCUT2D eigenvalue weighted by molar-refractivity contribution is 7.93. The maximum absolute atomic E-state index is 11.8. The minimum Gasteiger partial charge on any atom is -0.465 e. The average molecular weight is 336 g/mol. The van der Waals surface area contributed by atoms with E-state index in [0.29, 0.717) is 0 Å². The Labute approximate surface area is 123 Å². The molecule has 0 aliphatic rings. The third kappa shape index (κ3) is 4.99. The van der Waals surface area contributed by atoms with Gasteiger partial charge in [-0.1, -0.05) is 6.07 Å². The molecule has 0 unspecified atom stereocenters. The summed E-state index contributed by atoms with van der Waals surface area (Å²) >= 11 is 0. The third-order valence-electron chi connectivity index (χ3n) is 2.47. The van der Waals surface area contributed by atoms with E-state index in [1.165, 1.54) is 25.1 Å². The van der Waals surface area contributed by atoms with E-state index < -0.39 is 31.8 Å². The number of nitrogens with two attached hydrogens (primary N) is 1. The fourth-order valence-electron chi connectivity index (χ4n) is 1.59. The van der Waals surface area contributed by atoms with Gasteiger partial charge >= 0.3 is 5.97 Å². The molecule has 1 aromatic rings. The van der Waals surface area contributed by atoms with Crippen LogP contribution in [0.15, 0.2) is 23.1 Å². The number of primary sulfonamides is 1. The molecule has 1 rings (SSSR count). The Morgan fingerprint density at radius 1 is 1.29 bits per heavy atom. The molecular weight excluding hydrogens is 320 g/mol. The second-order valence-corrected chi connectivity index (χ2v) is 7.39. The summed E-state index contributed by atoms with van der Waals surface area (Å²) in [5.41, 5.74) is 0.179. The second-order valence-electron chi connectivity index (χ2n) is 4.14. The first-order chi connectivity index (χ1) is 9.57. The summed E-state index contributed by atoms with van der Waals surface area (Å²) in [4.78, 5) is 11.0. The van der Waals surface area contributed by atoms with Gasteiger partial charge in [-0.05, 0) is 31.5 Å². The van der Waals surface area contributed by atoms with Gasteiger partial charge in [-0.25, -0.2) is 22.0 Å². The number of rotatable bonds is 6. The van der Waals surface area contributed by atoms with Gasteiger partial charge in [0.1, 0.15) is 0 Å². The van der Waals surface area contributed by atoms with Gasteiger partial charge in [0, 0.05) is 0 Å². The molecule has 0 atom stereocenters. The van der Waals surface area contributed by atoms with Crippen molar-refractivity contribution in [3.05, 3.63) is 23.8 Å². The Morgan fingerprint density at radius 3 is 2.43 bits per heavy atom. The normalized spacial score (nSPS) is 12.0. The van der Waals surface area contributed by atoms with Gasteiger partial charge in [0.15, 0.2) is 5.75 Å². The van der Waals surface area contributed by atoms with Gasteiger partial charge in [-0.3, -0.25) is 9.52 Å². The number of hydrogen-bond donors (Lipinski definition) is 2. The van der Waals surface area contributed by atoms with E-state index in [2.05, 4.69) is 9.46 Å². The molecule has 0 saturated carbocycles. The molecule has 10 heteroatoms. The van der Waals surface area contributed by atoms with Crippen molar-refractivity contribution in [3.8, 4) is 0 Å². The molecule has 0 aromatic heterocycles. The van der Waals surface area contributed by atoms with E-state index in [1.54, 1.807) is 6.92 Å². The highest BCUT2D eigenvalue weighted by Gasteiger charge is 2.20. The minimum atomic E-state index is -4.00. The maximum Gasteiger partial charge on any atom is 0.323 e. The van der Waals surface area contributed by atoms with Gasteiger partial charge in [0.25, 0.3) is 0 Å². The number of ether oxygens (including phenoxy) is 1. The molecule has 21 heavy (non-hydrogen) atoms. The summed E-state index contributed by atoms with van der Waals surface area (Å²) in [7, 11) is -7.97. The van der Waals surface area contributed by atoms with E-state index in [-0.39, 0.29) is 22.8 Å². The van der Waals surface area contributed by atoms with Crippen LogP contribution >= 0.6 is 0 Å². The predicted octanol–water partition coefficient (Wildman–Crippen LogP) is -0.0528. The number of carbonyl (C=O) groups is 1. The van der Waals surface area contributed by atoms with Crippen molar-refractivity contribution >= 4 is 31.7 Å². The Hall–Kier alpha value is -1.65. The topological polar surface area (TPSA) is 133 Å². The highest BCUT2D eigenvalue weighted by atomic mass is 32.2. The lowest BCUT2D eigenvalue weighted by atomic mass is 10.2. The quantitative estimate of drug-likeness (QED) is 0.700. The van der Waals surface area contributed by atoms with E-state index in [0.717, 1.165) is 0 Å². The molecule has 118 valence electrons. The average Bonchev–Trinajstić information content (AvgIpc) is 2.29. The van der Waals surface area contributed by atoms with Crippen LogP contribution in [0.3, 0.4) is 0 Å². The van der Waals surface area contributed by atoms with E-state index >= 15 is 0 Å². The molecule has 1 aromatic carbocycles. The van der Waals surface area contributed by atoms with Gasteiger partial charge in [-0.2, -0.15) is 0 Å². The van der Waals surface area contributed by atoms with Crippen LogP contribution < -0.4 is 9.86 Å². The van der Waals surface area contributed by atoms with Crippen molar-refractivity contribution in [2.45, 2.75) is 18.7 Å². The summed E-state index contributed by atoms with van der Waals surface area (Å²) in [6, 6.07) is 3.97. The first kappa shape index (κ1) is 17.4. The molecule has 3 N–H and O–H groups in total. The smallest absolute Gasteiger partial charge is 0.323 e. The highest BCUT2D eigenvalue weighted by Crippen LogP contribution is 2.22. The van der Waals surface area contributed by atoms with E-state index in [1.807, 2.05) is 0 Å². The van der Waals surface area contributed by atoms with Gasteiger partial charge in [-0.15, -0.1) is 0 Å². The van der Waals surface area contributed by atoms with Crippen molar-refractivity contribution < 1.29 is 26.4 Å². The number of anilines is 1. The van der Waals surface area contributed by atoms with Crippen LogP contribution in [0.5, 0.6) is 0 Å². The lowest BCUT2D eigenvalue weighted by Gasteiger charge is -2.12. The predicted molar refractivity (Wildman–Crippen MR) is 76.6 cm³/mol. The molecule has 0 heterocycles. The zero-order chi connectivity index (χ0) is 16.3. The molecule has 0 amide bonds.